The summed E-state index contributed by atoms with van der Waals surface area (Å²) in [5, 5.41) is 31.2. The largest absolute Gasteiger partial charge is 0.508 e. The zero-order chi connectivity index (χ0) is 22.4. The van der Waals surface area contributed by atoms with E-state index in [0.29, 0.717) is 17.1 Å². The molecule has 3 aromatic rings. The van der Waals surface area contributed by atoms with Crippen molar-refractivity contribution < 1.29 is 34.4 Å². The van der Waals surface area contributed by atoms with Crippen LogP contribution in [0.2, 0.25) is 0 Å². The lowest BCUT2D eigenvalue weighted by Gasteiger charge is -2.26. The molecule has 3 N–H and O–H groups in total. The van der Waals surface area contributed by atoms with Gasteiger partial charge in [-0.05, 0) is 48.0 Å². The molecular formula is C24H17NO7. The van der Waals surface area contributed by atoms with Crippen LogP contribution in [0.3, 0.4) is 0 Å². The summed E-state index contributed by atoms with van der Waals surface area (Å²) in [4.78, 5) is 27.3. The van der Waals surface area contributed by atoms with E-state index >= 15 is 0 Å². The molecular weight excluding hydrogens is 414 g/mol. The number of phenolic OH excluding ortho intramolecular Hbond substituents is 2. The van der Waals surface area contributed by atoms with Crippen LogP contribution in [0.25, 0.3) is 5.76 Å². The van der Waals surface area contributed by atoms with Crippen molar-refractivity contribution in [3.63, 3.8) is 0 Å². The van der Waals surface area contributed by atoms with Gasteiger partial charge in [0.05, 0.1) is 17.3 Å². The van der Waals surface area contributed by atoms with Gasteiger partial charge in [0.25, 0.3) is 11.7 Å². The van der Waals surface area contributed by atoms with Crippen molar-refractivity contribution in [1.82, 2.24) is 0 Å². The standard InChI is InChI=1S/C24H17NO7/c26-15-8-5-13(6-9-15)21-20(22(28)14-7-10-18-19(11-14)32-12-31-18)23(29)24(30)25(21)16-3-1-2-4-17(16)27/h1-11,21,26-28H,12H2/b22-20-. The zero-order valence-electron chi connectivity index (χ0n) is 16.6. The lowest BCUT2D eigenvalue weighted by Crippen LogP contribution is -2.29. The number of hydrogen-bond donors (Lipinski definition) is 3. The van der Waals surface area contributed by atoms with E-state index in [1.807, 2.05) is 0 Å². The summed E-state index contributed by atoms with van der Waals surface area (Å²) >= 11 is 0. The quantitative estimate of drug-likeness (QED) is 0.330. The summed E-state index contributed by atoms with van der Waals surface area (Å²) in [6.07, 6.45) is 0. The molecule has 1 saturated heterocycles. The fraction of sp³-hybridized carbons (Fsp3) is 0.0833. The van der Waals surface area contributed by atoms with Crippen molar-refractivity contribution in [2.75, 3.05) is 11.7 Å². The van der Waals surface area contributed by atoms with Crippen molar-refractivity contribution in [1.29, 1.82) is 0 Å². The average Bonchev–Trinajstić information content (AvgIpc) is 3.37. The number of hydrogen-bond acceptors (Lipinski definition) is 7. The number of Topliss-reactive ketones (excluding diaryl/α,β-unsaturated/α-hetero) is 1. The van der Waals surface area contributed by atoms with Crippen molar-refractivity contribution in [3.8, 4) is 23.0 Å². The fourth-order valence-corrected chi connectivity index (χ4v) is 3.92. The first-order valence-corrected chi connectivity index (χ1v) is 9.73. The number of amides is 1. The fourth-order valence-electron chi connectivity index (χ4n) is 3.92. The number of rotatable bonds is 3. The van der Waals surface area contributed by atoms with Crippen LogP contribution in [0.15, 0.2) is 72.3 Å². The van der Waals surface area contributed by atoms with Gasteiger partial charge in [-0.15, -0.1) is 0 Å². The van der Waals surface area contributed by atoms with Gasteiger partial charge in [-0.1, -0.05) is 24.3 Å². The number of para-hydroxylation sites is 2. The first-order valence-electron chi connectivity index (χ1n) is 9.73. The number of fused-ring (bicyclic) bond motifs is 1. The molecule has 1 unspecified atom stereocenters. The van der Waals surface area contributed by atoms with E-state index in [2.05, 4.69) is 0 Å². The van der Waals surface area contributed by atoms with Crippen molar-refractivity contribution in [2.45, 2.75) is 6.04 Å². The number of nitrogens with zero attached hydrogens (tertiary/aromatic N) is 1. The Hall–Kier alpha value is -4.46. The van der Waals surface area contributed by atoms with Crippen LogP contribution in [0.5, 0.6) is 23.0 Å². The summed E-state index contributed by atoms with van der Waals surface area (Å²) in [6, 6.07) is 15.7. The van der Waals surface area contributed by atoms with Crippen LogP contribution in [0, 0.1) is 0 Å². The minimum atomic E-state index is -1.03. The van der Waals surface area contributed by atoms with Crippen LogP contribution in [-0.2, 0) is 9.59 Å². The molecule has 2 heterocycles. The highest BCUT2D eigenvalue weighted by molar-refractivity contribution is 6.51. The second-order valence-corrected chi connectivity index (χ2v) is 7.32. The van der Waals surface area contributed by atoms with Gasteiger partial charge in [-0.3, -0.25) is 14.5 Å². The van der Waals surface area contributed by atoms with Gasteiger partial charge in [0.1, 0.15) is 17.3 Å². The molecule has 1 atom stereocenters. The number of ketones is 1. The van der Waals surface area contributed by atoms with E-state index in [4.69, 9.17) is 9.47 Å². The van der Waals surface area contributed by atoms with Crippen LogP contribution in [-0.4, -0.2) is 33.8 Å². The van der Waals surface area contributed by atoms with Crippen molar-refractivity contribution >= 4 is 23.1 Å². The minimum absolute atomic E-state index is 0.00373. The highest BCUT2D eigenvalue weighted by Gasteiger charge is 2.47. The number of ether oxygens (including phenoxy) is 2. The molecule has 1 amide bonds. The molecule has 5 rings (SSSR count). The molecule has 2 aliphatic rings. The van der Waals surface area contributed by atoms with E-state index in [-0.39, 0.29) is 35.1 Å². The molecule has 8 nitrogen and oxygen atoms in total. The molecule has 0 saturated carbocycles. The second-order valence-electron chi connectivity index (χ2n) is 7.32. The maximum absolute atomic E-state index is 13.1. The molecule has 160 valence electrons. The Balaban J connectivity index is 1.72. The molecule has 8 heteroatoms. The summed E-state index contributed by atoms with van der Waals surface area (Å²) in [5.74, 6) is -1.47. The topological polar surface area (TPSA) is 117 Å². The molecule has 32 heavy (non-hydrogen) atoms. The summed E-state index contributed by atoms with van der Waals surface area (Å²) < 4.78 is 10.6. The van der Waals surface area contributed by atoms with E-state index in [1.165, 1.54) is 30.3 Å². The molecule has 3 aromatic carbocycles. The molecule has 0 aliphatic carbocycles. The van der Waals surface area contributed by atoms with Gasteiger partial charge in [-0.25, -0.2) is 0 Å². The molecule has 0 radical (unpaired) electrons. The maximum atomic E-state index is 13.1. The van der Waals surface area contributed by atoms with Crippen LogP contribution in [0.1, 0.15) is 17.2 Å². The van der Waals surface area contributed by atoms with Gasteiger partial charge < -0.3 is 24.8 Å². The summed E-state index contributed by atoms with van der Waals surface area (Å²) in [6.45, 7) is 0.0464. The Labute approximate surface area is 182 Å². The Bertz CT molecular complexity index is 1280. The predicted molar refractivity (Wildman–Crippen MR) is 114 cm³/mol. The lowest BCUT2D eigenvalue weighted by molar-refractivity contribution is -0.132. The molecule has 1 fully saturated rings. The number of carbonyl (C=O) groups excluding carboxylic acids is 2. The average molecular weight is 431 g/mol. The number of aliphatic hydroxyl groups excluding tert-OH is 1. The van der Waals surface area contributed by atoms with Crippen LogP contribution >= 0.6 is 0 Å². The number of carbonyl (C=O) groups is 2. The van der Waals surface area contributed by atoms with Crippen molar-refractivity contribution in [3.05, 3.63) is 83.4 Å². The molecule has 0 aromatic heterocycles. The minimum Gasteiger partial charge on any atom is -0.508 e. The van der Waals surface area contributed by atoms with Crippen LogP contribution in [0.4, 0.5) is 5.69 Å². The van der Waals surface area contributed by atoms with Gasteiger partial charge in [-0.2, -0.15) is 0 Å². The SMILES string of the molecule is O=C1C(=O)N(c2ccccc2O)C(c2ccc(O)cc2)/C1=C(/O)c1ccc2c(c1)OCO2. The molecule has 0 spiro atoms. The number of anilines is 1. The number of aromatic hydroxyl groups is 2. The maximum Gasteiger partial charge on any atom is 0.300 e. The number of phenols is 2. The van der Waals surface area contributed by atoms with E-state index in [1.54, 1.807) is 36.4 Å². The third-order valence-corrected chi connectivity index (χ3v) is 5.44. The third-order valence-electron chi connectivity index (χ3n) is 5.44. The smallest absolute Gasteiger partial charge is 0.300 e. The van der Waals surface area contributed by atoms with Gasteiger partial charge >= 0.3 is 0 Å². The normalized spacial score (nSPS) is 18.9. The van der Waals surface area contributed by atoms with E-state index in [0.717, 1.165) is 4.90 Å². The zero-order valence-corrected chi connectivity index (χ0v) is 16.6. The van der Waals surface area contributed by atoms with Gasteiger partial charge in [0, 0.05) is 5.56 Å². The van der Waals surface area contributed by atoms with Gasteiger partial charge in [0.2, 0.25) is 6.79 Å². The van der Waals surface area contributed by atoms with E-state index < -0.39 is 23.5 Å². The van der Waals surface area contributed by atoms with Crippen molar-refractivity contribution in [2.24, 2.45) is 0 Å². The highest BCUT2D eigenvalue weighted by Crippen LogP contribution is 2.45. The Kier molecular flexibility index (Phi) is 4.48. The second kappa shape index (κ2) is 7.35. The highest BCUT2D eigenvalue weighted by atomic mass is 16.7. The number of aliphatic hydroxyl groups is 1. The van der Waals surface area contributed by atoms with Gasteiger partial charge in [0.15, 0.2) is 11.5 Å². The van der Waals surface area contributed by atoms with E-state index in [9.17, 15) is 24.9 Å². The molecule has 2 aliphatic heterocycles. The first-order chi connectivity index (χ1) is 15.5. The Morgan fingerprint density at radius 3 is 2.38 bits per heavy atom. The molecule has 0 bridgehead atoms. The monoisotopic (exact) mass is 431 g/mol. The summed E-state index contributed by atoms with van der Waals surface area (Å²) in [7, 11) is 0. The number of benzene rings is 3. The Morgan fingerprint density at radius 2 is 1.62 bits per heavy atom. The Morgan fingerprint density at radius 1 is 0.906 bits per heavy atom. The van der Waals surface area contributed by atoms with Crippen LogP contribution < -0.4 is 14.4 Å². The predicted octanol–water partition coefficient (Wildman–Crippen LogP) is 3.45. The first kappa shape index (κ1) is 19.5. The summed E-state index contributed by atoms with van der Waals surface area (Å²) in [5.41, 5.74) is 0.709. The lowest BCUT2D eigenvalue weighted by atomic mass is 9.95. The third kappa shape index (κ3) is 3.01.